The molecule has 1 nitrogen and oxygen atoms in total. The molecule has 0 amide bonds. The van der Waals surface area contributed by atoms with Gasteiger partial charge in [-0.1, -0.05) is 45.9 Å². The Bertz CT molecular complexity index is 418. The predicted octanol–water partition coefficient (Wildman–Crippen LogP) is 3.66. The summed E-state index contributed by atoms with van der Waals surface area (Å²) in [6.07, 6.45) is 2.46. The molecule has 0 fully saturated rings. The van der Waals surface area contributed by atoms with E-state index in [2.05, 4.69) is 50.8 Å². The van der Waals surface area contributed by atoms with Crippen molar-refractivity contribution in [2.45, 2.75) is 40.5 Å². The molecular formula is C16H23N. The van der Waals surface area contributed by atoms with Gasteiger partial charge in [-0.2, -0.15) is 0 Å². The molecule has 1 aromatic rings. The second-order valence-electron chi connectivity index (χ2n) is 7.46. The Morgan fingerprint density at radius 1 is 0.882 bits per heavy atom. The van der Waals surface area contributed by atoms with E-state index < -0.39 is 0 Å². The number of nitrogens with zero attached hydrogens (tertiary/aromatic N) is 1. The van der Waals surface area contributed by atoms with Gasteiger partial charge in [0.05, 0.1) is 0 Å². The fourth-order valence-corrected chi connectivity index (χ4v) is 3.73. The molecule has 92 valence electrons. The van der Waals surface area contributed by atoms with Crippen molar-refractivity contribution in [1.82, 2.24) is 0 Å². The van der Waals surface area contributed by atoms with Crippen molar-refractivity contribution in [3.63, 3.8) is 0 Å². The van der Waals surface area contributed by atoms with E-state index in [4.69, 9.17) is 0 Å². The maximum absolute atomic E-state index is 2.64. The molecule has 2 aliphatic heterocycles. The standard InChI is InChI=1S/C16H23N/c1-15(2)8-12-6-5-7-13-9-16(3,4)11-17(10-15)14(12)13/h5-7H,8-11H2,1-4H3. The number of rotatable bonds is 0. The summed E-state index contributed by atoms with van der Waals surface area (Å²) in [6, 6.07) is 6.89. The summed E-state index contributed by atoms with van der Waals surface area (Å²) in [5, 5.41) is 0. The minimum absolute atomic E-state index is 0.416. The van der Waals surface area contributed by atoms with Crippen LogP contribution in [-0.2, 0) is 12.8 Å². The first-order valence-corrected chi connectivity index (χ1v) is 6.72. The molecule has 0 unspecified atom stereocenters. The number of para-hydroxylation sites is 1. The molecule has 0 saturated heterocycles. The van der Waals surface area contributed by atoms with Gasteiger partial charge in [-0.15, -0.1) is 0 Å². The summed E-state index contributed by atoms with van der Waals surface area (Å²) in [6.45, 7) is 12.0. The van der Waals surface area contributed by atoms with E-state index in [0.29, 0.717) is 10.8 Å². The maximum Gasteiger partial charge on any atom is 0.0432 e. The molecule has 0 bridgehead atoms. The molecule has 0 spiro atoms. The van der Waals surface area contributed by atoms with Crippen LogP contribution in [0, 0.1) is 10.8 Å². The van der Waals surface area contributed by atoms with E-state index in [-0.39, 0.29) is 0 Å². The molecule has 0 N–H and O–H groups in total. The Balaban J connectivity index is 2.13. The van der Waals surface area contributed by atoms with Crippen LogP contribution >= 0.6 is 0 Å². The molecule has 0 aliphatic carbocycles. The lowest BCUT2D eigenvalue weighted by molar-refractivity contribution is 0.289. The maximum atomic E-state index is 2.64. The Labute approximate surface area is 105 Å². The van der Waals surface area contributed by atoms with Gasteiger partial charge in [0.25, 0.3) is 0 Å². The highest BCUT2D eigenvalue weighted by atomic mass is 15.2. The fourth-order valence-electron chi connectivity index (χ4n) is 3.73. The minimum Gasteiger partial charge on any atom is -0.370 e. The van der Waals surface area contributed by atoms with Crippen molar-refractivity contribution in [2.24, 2.45) is 10.8 Å². The van der Waals surface area contributed by atoms with Gasteiger partial charge in [0.15, 0.2) is 0 Å². The van der Waals surface area contributed by atoms with Crippen LogP contribution in [0.15, 0.2) is 18.2 Å². The molecule has 2 aliphatic rings. The molecule has 0 atom stereocenters. The lowest BCUT2D eigenvalue weighted by atomic mass is 9.74. The van der Waals surface area contributed by atoms with E-state index in [9.17, 15) is 0 Å². The van der Waals surface area contributed by atoms with Gasteiger partial charge in [-0.25, -0.2) is 0 Å². The first kappa shape index (κ1) is 11.1. The van der Waals surface area contributed by atoms with Gasteiger partial charge in [0.1, 0.15) is 0 Å². The Hall–Kier alpha value is -0.980. The first-order valence-electron chi connectivity index (χ1n) is 6.72. The van der Waals surface area contributed by atoms with Gasteiger partial charge >= 0.3 is 0 Å². The lowest BCUT2D eigenvalue weighted by Gasteiger charge is -2.48. The Morgan fingerprint density at radius 3 is 1.82 bits per heavy atom. The lowest BCUT2D eigenvalue weighted by Crippen LogP contribution is -2.48. The topological polar surface area (TPSA) is 3.24 Å². The van der Waals surface area contributed by atoms with Crippen molar-refractivity contribution >= 4 is 5.69 Å². The third kappa shape index (κ3) is 1.86. The highest BCUT2D eigenvalue weighted by Gasteiger charge is 2.38. The summed E-state index contributed by atoms with van der Waals surface area (Å²) in [7, 11) is 0. The van der Waals surface area contributed by atoms with E-state index in [1.165, 1.54) is 25.9 Å². The molecule has 3 rings (SSSR count). The monoisotopic (exact) mass is 229 g/mol. The van der Waals surface area contributed by atoms with Crippen molar-refractivity contribution in [3.05, 3.63) is 29.3 Å². The average molecular weight is 229 g/mol. The summed E-state index contributed by atoms with van der Waals surface area (Å²) in [5.74, 6) is 0. The van der Waals surface area contributed by atoms with Crippen molar-refractivity contribution in [2.75, 3.05) is 18.0 Å². The van der Waals surface area contributed by atoms with Crippen LogP contribution in [0.25, 0.3) is 0 Å². The molecule has 1 aromatic carbocycles. The quantitative estimate of drug-likeness (QED) is 0.656. The summed E-state index contributed by atoms with van der Waals surface area (Å²) < 4.78 is 0. The number of hydrogen-bond acceptors (Lipinski definition) is 1. The first-order chi connectivity index (χ1) is 7.86. The van der Waals surface area contributed by atoms with Crippen LogP contribution < -0.4 is 4.90 Å². The average Bonchev–Trinajstić information content (AvgIpc) is 2.12. The van der Waals surface area contributed by atoms with E-state index in [0.717, 1.165) is 0 Å². The molecule has 1 heteroatoms. The zero-order chi connectivity index (χ0) is 12.3. The summed E-state index contributed by atoms with van der Waals surface area (Å²) >= 11 is 0. The predicted molar refractivity (Wildman–Crippen MR) is 73.6 cm³/mol. The van der Waals surface area contributed by atoms with Gasteiger partial charge in [0, 0.05) is 18.8 Å². The zero-order valence-electron chi connectivity index (χ0n) is 11.5. The van der Waals surface area contributed by atoms with Crippen molar-refractivity contribution in [1.29, 1.82) is 0 Å². The van der Waals surface area contributed by atoms with Crippen molar-refractivity contribution in [3.8, 4) is 0 Å². The van der Waals surface area contributed by atoms with Crippen LogP contribution in [0.5, 0.6) is 0 Å². The van der Waals surface area contributed by atoms with Gasteiger partial charge in [0.2, 0.25) is 0 Å². The minimum atomic E-state index is 0.416. The zero-order valence-corrected chi connectivity index (χ0v) is 11.5. The smallest absolute Gasteiger partial charge is 0.0432 e. The Morgan fingerprint density at radius 2 is 1.35 bits per heavy atom. The number of hydrogen-bond donors (Lipinski definition) is 0. The molecular weight excluding hydrogens is 206 g/mol. The number of anilines is 1. The highest BCUT2D eigenvalue weighted by molar-refractivity contribution is 5.64. The molecule has 0 saturated carbocycles. The van der Waals surface area contributed by atoms with Gasteiger partial charge < -0.3 is 4.90 Å². The van der Waals surface area contributed by atoms with Crippen LogP contribution in [0.2, 0.25) is 0 Å². The van der Waals surface area contributed by atoms with Crippen LogP contribution in [-0.4, -0.2) is 13.1 Å². The summed E-state index contributed by atoms with van der Waals surface area (Å²) in [4.78, 5) is 2.64. The third-order valence-corrected chi connectivity index (χ3v) is 4.10. The molecule has 0 aromatic heterocycles. The normalized spacial score (nSPS) is 24.4. The van der Waals surface area contributed by atoms with Crippen LogP contribution in [0.3, 0.4) is 0 Å². The molecule has 2 heterocycles. The Kier molecular flexibility index (Phi) is 2.14. The van der Waals surface area contributed by atoms with E-state index in [1.807, 2.05) is 0 Å². The number of benzene rings is 1. The second-order valence-corrected chi connectivity index (χ2v) is 7.46. The largest absolute Gasteiger partial charge is 0.370 e. The summed E-state index contributed by atoms with van der Waals surface area (Å²) in [5.41, 5.74) is 5.52. The van der Waals surface area contributed by atoms with E-state index >= 15 is 0 Å². The molecule has 17 heavy (non-hydrogen) atoms. The SMILES string of the molecule is CC1(C)Cc2cccc3c2N(C1)CC(C)(C)C3. The molecule has 0 radical (unpaired) electrons. The van der Waals surface area contributed by atoms with Gasteiger partial charge in [-0.3, -0.25) is 0 Å². The second kappa shape index (κ2) is 3.28. The highest BCUT2D eigenvalue weighted by Crippen LogP contribution is 2.44. The van der Waals surface area contributed by atoms with Crippen LogP contribution in [0.4, 0.5) is 5.69 Å². The van der Waals surface area contributed by atoms with E-state index in [1.54, 1.807) is 16.8 Å². The van der Waals surface area contributed by atoms with Crippen LogP contribution in [0.1, 0.15) is 38.8 Å². The van der Waals surface area contributed by atoms with Gasteiger partial charge in [-0.05, 0) is 34.8 Å². The van der Waals surface area contributed by atoms with Crippen molar-refractivity contribution < 1.29 is 0 Å². The third-order valence-electron chi connectivity index (χ3n) is 4.10. The fraction of sp³-hybridized carbons (Fsp3) is 0.625.